The predicted molar refractivity (Wildman–Crippen MR) is 121 cm³/mol. The maximum absolute atomic E-state index is 13.5. The maximum atomic E-state index is 13.5. The number of hydrogen-bond donors (Lipinski definition) is 2. The van der Waals surface area contributed by atoms with Crippen LogP contribution in [0.25, 0.3) is 6.08 Å². The Labute approximate surface area is 191 Å². The molecule has 4 rings (SSSR count). The average Bonchev–Trinajstić information content (AvgIpc) is 3.02. The number of aromatic nitrogens is 1. The number of aliphatic hydroxyl groups is 1. The van der Waals surface area contributed by atoms with Crippen molar-refractivity contribution >= 4 is 22.0 Å². The van der Waals surface area contributed by atoms with E-state index < -0.39 is 52.3 Å². The molecular weight excluding hydrogens is 449 g/mol. The van der Waals surface area contributed by atoms with Crippen molar-refractivity contribution in [3.63, 3.8) is 0 Å². The standard InChI is InChI=1S/C23H26FN3O5S/c1-3-5-15-8-9-18-21-20(22(29)25-11-14-6-4-7-16(24)10-14)17(13-28)19(12-26(18)23(15)30)27(21)33(2,31)32/h3-10,17,19-21,28H,11-13H2,1-2H3,(H,25,29)/b5-3-/t17-,19-,20+,21+/m1/s1. The van der Waals surface area contributed by atoms with E-state index in [9.17, 15) is 27.5 Å². The van der Waals surface area contributed by atoms with Gasteiger partial charge in [-0.25, -0.2) is 12.8 Å². The lowest BCUT2D eigenvalue weighted by Crippen LogP contribution is -2.48. The van der Waals surface area contributed by atoms with Crippen LogP contribution < -0.4 is 10.9 Å². The minimum atomic E-state index is -3.76. The molecule has 2 N–H and O–H groups in total. The number of allylic oxidation sites excluding steroid dienone is 1. The van der Waals surface area contributed by atoms with Gasteiger partial charge in [-0.1, -0.05) is 24.3 Å². The number of nitrogens with zero attached hydrogens (tertiary/aromatic N) is 2. The highest BCUT2D eigenvalue weighted by Gasteiger charge is 2.58. The Bertz CT molecular complexity index is 1270. The van der Waals surface area contributed by atoms with Gasteiger partial charge in [-0.05, 0) is 36.8 Å². The SMILES string of the molecule is C/C=C\c1ccc2n(c1=O)C[C@@H]1[C@@H](CO)[C@H](C(=O)NCc3cccc(F)c3)[C@H]2N1S(C)(=O)=O. The van der Waals surface area contributed by atoms with Crippen molar-refractivity contribution in [2.24, 2.45) is 11.8 Å². The fraction of sp³-hybridized carbons (Fsp3) is 0.391. The Morgan fingerprint density at radius 3 is 2.70 bits per heavy atom. The van der Waals surface area contributed by atoms with Crippen molar-refractivity contribution in [2.75, 3.05) is 12.9 Å². The van der Waals surface area contributed by atoms with Crippen LogP contribution in [0, 0.1) is 17.7 Å². The highest BCUT2D eigenvalue weighted by atomic mass is 32.2. The van der Waals surface area contributed by atoms with E-state index in [0.717, 1.165) is 6.26 Å². The third kappa shape index (κ3) is 4.14. The van der Waals surface area contributed by atoms with Crippen LogP contribution in [0.3, 0.4) is 0 Å². The zero-order chi connectivity index (χ0) is 23.9. The lowest BCUT2D eigenvalue weighted by molar-refractivity contribution is -0.127. The number of pyridine rings is 1. The summed E-state index contributed by atoms with van der Waals surface area (Å²) in [7, 11) is -3.76. The quantitative estimate of drug-likeness (QED) is 0.654. The van der Waals surface area contributed by atoms with Crippen molar-refractivity contribution in [3.8, 4) is 0 Å². The van der Waals surface area contributed by atoms with Crippen molar-refractivity contribution in [2.45, 2.75) is 32.1 Å². The summed E-state index contributed by atoms with van der Waals surface area (Å²) in [5.74, 6) is -2.51. The Hall–Kier alpha value is -2.82. The number of benzene rings is 1. The zero-order valence-electron chi connectivity index (χ0n) is 18.3. The number of amides is 1. The number of rotatable bonds is 6. The highest BCUT2D eigenvalue weighted by Crippen LogP contribution is 2.49. The molecule has 0 spiro atoms. The summed E-state index contributed by atoms with van der Waals surface area (Å²) in [4.78, 5) is 26.4. The molecule has 0 aliphatic carbocycles. The van der Waals surface area contributed by atoms with Crippen molar-refractivity contribution in [3.05, 3.63) is 75.5 Å². The molecule has 8 nitrogen and oxygen atoms in total. The summed E-state index contributed by atoms with van der Waals surface area (Å²) in [5, 5.41) is 12.9. The number of aliphatic hydroxyl groups excluding tert-OH is 1. The molecule has 1 aromatic heterocycles. The van der Waals surface area contributed by atoms with Crippen LogP contribution in [0.15, 0.2) is 47.3 Å². The summed E-state index contributed by atoms with van der Waals surface area (Å²) >= 11 is 0. The average molecular weight is 476 g/mol. The van der Waals surface area contributed by atoms with E-state index >= 15 is 0 Å². The molecule has 1 aromatic carbocycles. The van der Waals surface area contributed by atoms with Crippen LogP contribution in [-0.2, 0) is 27.9 Å². The number of halogens is 1. The van der Waals surface area contributed by atoms with Gasteiger partial charge in [0.25, 0.3) is 5.56 Å². The fourth-order valence-electron chi connectivity index (χ4n) is 5.09. The van der Waals surface area contributed by atoms with E-state index in [4.69, 9.17) is 0 Å². The van der Waals surface area contributed by atoms with Gasteiger partial charge >= 0.3 is 0 Å². The fourth-order valence-corrected chi connectivity index (χ4v) is 6.45. The van der Waals surface area contributed by atoms with Crippen LogP contribution in [0.2, 0.25) is 0 Å². The number of sulfonamides is 1. The number of fused-ring (bicyclic) bond motifs is 4. The number of carbonyl (C=O) groups is 1. The van der Waals surface area contributed by atoms with Crippen molar-refractivity contribution in [1.82, 2.24) is 14.2 Å². The Morgan fingerprint density at radius 1 is 1.30 bits per heavy atom. The molecule has 10 heteroatoms. The number of carbonyl (C=O) groups excluding carboxylic acids is 1. The monoisotopic (exact) mass is 475 g/mol. The number of hydrogen-bond acceptors (Lipinski definition) is 5. The van der Waals surface area contributed by atoms with Gasteiger partial charge < -0.3 is 15.0 Å². The molecule has 2 bridgehead atoms. The van der Waals surface area contributed by atoms with Gasteiger partial charge in [0.05, 0.1) is 18.2 Å². The molecule has 1 fully saturated rings. The van der Waals surface area contributed by atoms with Crippen LogP contribution >= 0.6 is 0 Å². The first-order valence-corrected chi connectivity index (χ1v) is 12.5. The van der Waals surface area contributed by atoms with E-state index in [1.54, 1.807) is 37.3 Å². The van der Waals surface area contributed by atoms with E-state index in [-0.39, 0.29) is 18.6 Å². The first-order valence-electron chi connectivity index (χ1n) is 10.6. The number of nitrogens with one attached hydrogen (secondary N) is 1. The Kier molecular flexibility index (Phi) is 6.26. The Morgan fingerprint density at radius 2 is 2.06 bits per heavy atom. The largest absolute Gasteiger partial charge is 0.396 e. The molecule has 2 aromatic rings. The minimum absolute atomic E-state index is 0.0437. The molecule has 3 heterocycles. The lowest BCUT2D eigenvalue weighted by atomic mass is 9.86. The normalized spacial score (nSPS) is 24.7. The summed E-state index contributed by atoms with van der Waals surface area (Å²) in [6, 6.07) is 7.41. The second-order valence-corrected chi connectivity index (χ2v) is 10.3. The van der Waals surface area contributed by atoms with Crippen molar-refractivity contribution in [1.29, 1.82) is 0 Å². The second-order valence-electron chi connectivity index (χ2n) is 8.45. The van der Waals surface area contributed by atoms with Gasteiger partial charge in [0, 0.05) is 42.9 Å². The highest BCUT2D eigenvalue weighted by molar-refractivity contribution is 7.88. The van der Waals surface area contributed by atoms with E-state index in [0.29, 0.717) is 16.8 Å². The van der Waals surface area contributed by atoms with Gasteiger partial charge in [-0.15, -0.1) is 0 Å². The molecule has 1 saturated heterocycles. The molecule has 2 aliphatic heterocycles. The van der Waals surface area contributed by atoms with Crippen LogP contribution in [0.5, 0.6) is 0 Å². The second kappa shape index (κ2) is 8.85. The van der Waals surface area contributed by atoms with E-state index in [1.165, 1.54) is 27.1 Å². The first kappa shape index (κ1) is 23.3. The van der Waals surface area contributed by atoms with Crippen LogP contribution in [-0.4, -0.2) is 47.2 Å². The smallest absolute Gasteiger partial charge is 0.258 e. The van der Waals surface area contributed by atoms with Crippen LogP contribution in [0.1, 0.15) is 29.8 Å². The zero-order valence-corrected chi connectivity index (χ0v) is 19.1. The molecule has 2 aliphatic rings. The molecule has 4 atom stereocenters. The third-order valence-corrected chi connectivity index (χ3v) is 7.67. The van der Waals surface area contributed by atoms with Gasteiger partial charge in [-0.3, -0.25) is 9.59 Å². The van der Waals surface area contributed by atoms with Gasteiger partial charge in [0.2, 0.25) is 15.9 Å². The summed E-state index contributed by atoms with van der Waals surface area (Å²) in [6.45, 7) is 1.46. The van der Waals surface area contributed by atoms with Gasteiger partial charge in [0.1, 0.15) is 5.82 Å². The molecule has 0 saturated carbocycles. The summed E-state index contributed by atoms with van der Waals surface area (Å²) in [6.07, 6.45) is 4.48. The van der Waals surface area contributed by atoms with Crippen molar-refractivity contribution < 1.29 is 22.7 Å². The van der Waals surface area contributed by atoms with Gasteiger partial charge in [-0.2, -0.15) is 4.31 Å². The van der Waals surface area contributed by atoms with E-state index in [1.807, 2.05) is 0 Å². The summed E-state index contributed by atoms with van der Waals surface area (Å²) < 4.78 is 41.7. The third-order valence-electron chi connectivity index (χ3n) is 6.41. The van der Waals surface area contributed by atoms with E-state index in [2.05, 4.69) is 5.32 Å². The topological polar surface area (TPSA) is 109 Å². The molecule has 0 radical (unpaired) electrons. The summed E-state index contributed by atoms with van der Waals surface area (Å²) in [5.41, 5.74) is 1.15. The lowest BCUT2D eigenvalue weighted by Gasteiger charge is -2.36. The molecular formula is C23H26FN3O5S. The predicted octanol–water partition coefficient (Wildman–Crippen LogP) is 1.26. The minimum Gasteiger partial charge on any atom is -0.396 e. The molecule has 1 amide bonds. The maximum Gasteiger partial charge on any atom is 0.258 e. The first-order chi connectivity index (χ1) is 15.7. The molecule has 176 valence electrons. The van der Waals surface area contributed by atoms with Crippen LogP contribution in [0.4, 0.5) is 4.39 Å². The van der Waals surface area contributed by atoms with Gasteiger partial charge in [0.15, 0.2) is 0 Å². The molecule has 0 unspecified atom stereocenters. The molecule has 33 heavy (non-hydrogen) atoms. The Balaban J connectivity index is 1.76.